The molecule has 0 N–H and O–H groups in total. The van der Waals surface area contributed by atoms with Gasteiger partial charge in [-0.3, -0.25) is 0 Å². The molecule has 23 heavy (non-hydrogen) atoms. The Hall–Kier alpha value is -1.84. The molecule has 3 aromatic rings. The smallest absolute Gasteiger partial charge is 0.180 e. The molecule has 0 atom stereocenters. The Bertz CT molecular complexity index is 828. The minimum Gasteiger partial charge on any atom is -0.496 e. The molecule has 1 heterocycles. The predicted octanol–water partition coefficient (Wildman–Crippen LogP) is 5.56. The molecule has 3 heteroatoms. The number of methoxy groups -OCH3 is 1. The van der Waals surface area contributed by atoms with Gasteiger partial charge in [-0.25, -0.2) is 0 Å². The first-order valence-electron chi connectivity index (χ1n) is 7.53. The number of hydrogen-bond donors (Lipinski definition) is 0. The fourth-order valence-electron chi connectivity index (χ4n) is 2.87. The van der Waals surface area contributed by atoms with Crippen LogP contribution in [-0.2, 0) is 10.9 Å². The van der Waals surface area contributed by atoms with Gasteiger partial charge in [-0.15, -0.1) is 0 Å². The Labute approximate surface area is 144 Å². The van der Waals surface area contributed by atoms with Gasteiger partial charge in [0.2, 0.25) is 0 Å². The average Bonchev–Trinajstić information content (AvgIpc) is 2.59. The first-order chi connectivity index (χ1) is 11.3. The van der Waals surface area contributed by atoms with Gasteiger partial charge >= 0.3 is 0 Å². The lowest BCUT2D eigenvalue weighted by Gasteiger charge is -2.19. The highest BCUT2D eigenvalue weighted by molar-refractivity contribution is 8.04. The topological polar surface area (TPSA) is 9.23 Å². The maximum Gasteiger partial charge on any atom is 0.180 e. The number of benzene rings is 3. The molecule has 1 aliphatic rings. The highest BCUT2D eigenvalue weighted by atomic mass is 32.2. The number of rotatable bonds is 2. The van der Waals surface area contributed by atoms with Gasteiger partial charge in [-0.05, 0) is 48.9 Å². The highest BCUT2D eigenvalue weighted by Gasteiger charge is 2.37. The van der Waals surface area contributed by atoms with Crippen molar-refractivity contribution in [2.75, 3.05) is 7.11 Å². The molecular formula is C20H17OS2+. The normalized spacial score (nSPS) is 13.3. The zero-order valence-corrected chi connectivity index (χ0v) is 14.7. The van der Waals surface area contributed by atoms with Crippen molar-refractivity contribution in [2.24, 2.45) is 0 Å². The molecular weight excluding hydrogens is 320 g/mol. The Morgan fingerprint density at radius 1 is 0.826 bits per heavy atom. The molecule has 0 saturated heterocycles. The fraction of sp³-hybridized carbons (Fsp3) is 0.100. The van der Waals surface area contributed by atoms with Crippen molar-refractivity contribution in [3.63, 3.8) is 0 Å². The Morgan fingerprint density at radius 3 is 2.00 bits per heavy atom. The summed E-state index contributed by atoms with van der Waals surface area (Å²) >= 11 is 1.88. The molecule has 1 nitrogen and oxygen atoms in total. The maximum atomic E-state index is 5.43. The summed E-state index contributed by atoms with van der Waals surface area (Å²) in [6.07, 6.45) is 0. The van der Waals surface area contributed by atoms with Gasteiger partial charge in [0.15, 0.2) is 14.7 Å². The van der Waals surface area contributed by atoms with E-state index in [-0.39, 0.29) is 10.9 Å². The molecule has 3 aromatic carbocycles. The lowest BCUT2D eigenvalue weighted by molar-refractivity contribution is 0.411. The molecule has 0 fully saturated rings. The highest BCUT2D eigenvalue weighted by Crippen LogP contribution is 2.48. The summed E-state index contributed by atoms with van der Waals surface area (Å²) in [6.45, 7) is 2.11. The molecule has 1 aliphatic heterocycles. The minimum absolute atomic E-state index is 0.0548. The van der Waals surface area contributed by atoms with E-state index in [1.165, 1.54) is 30.0 Å². The van der Waals surface area contributed by atoms with Gasteiger partial charge in [-0.1, -0.05) is 36.0 Å². The second-order valence-electron chi connectivity index (χ2n) is 5.43. The third kappa shape index (κ3) is 2.54. The summed E-state index contributed by atoms with van der Waals surface area (Å²) in [5.41, 5.74) is 1.19. The molecule has 0 bridgehead atoms. The SMILES string of the molecule is COc1ccc([S+]2c3ccccc3Sc3ccccc32)cc1C. The standard InChI is InChI=1S/C20H17OS2/c1-14-13-15(11-12-16(14)21-2)23-19-9-5-3-7-17(19)22-18-8-4-6-10-20(18)23/h3-13H,1-2H3/q+1. The lowest BCUT2D eigenvalue weighted by Crippen LogP contribution is -2.11. The van der Waals surface area contributed by atoms with Crippen LogP contribution in [0.5, 0.6) is 5.75 Å². The third-order valence-electron chi connectivity index (χ3n) is 3.96. The summed E-state index contributed by atoms with van der Waals surface area (Å²) in [6, 6.07) is 24.1. The van der Waals surface area contributed by atoms with Gasteiger partial charge in [0.25, 0.3) is 0 Å². The van der Waals surface area contributed by atoms with E-state index in [1.54, 1.807) is 7.11 Å². The Balaban J connectivity index is 1.92. The zero-order chi connectivity index (χ0) is 15.8. The van der Waals surface area contributed by atoms with Gasteiger partial charge in [0, 0.05) is 6.07 Å². The van der Waals surface area contributed by atoms with Gasteiger partial charge in [0.1, 0.15) is 16.6 Å². The van der Waals surface area contributed by atoms with Gasteiger partial charge < -0.3 is 4.74 Å². The van der Waals surface area contributed by atoms with Crippen molar-refractivity contribution in [3.05, 3.63) is 72.3 Å². The van der Waals surface area contributed by atoms with Crippen molar-refractivity contribution < 1.29 is 4.74 Å². The molecule has 0 spiro atoms. The first kappa shape index (κ1) is 14.7. The van der Waals surface area contributed by atoms with E-state index in [0.29, 0.717) is 0 Å². The summed E-state index contributed by atoms with van der Waals surface area (Å²) in [5.74, 6) is 0.949. The molecule has 0 unspecified atom stereocenters. The Morgan fingerprint density at radius 2 is 1.43 bits per heavy atom. The maximum absolute atomic E-state index is 5.43. The van der Waals surface area contributed by atoms with Crippen molar-refractivity contribution in [2.45, 2.75) is 31.4 Å². The summed E-state index contributed by atoms with van der Waals surface area (Å²) in [7, 11) is 1.67. The van der Waals surface area contributed by atoms with Crippen LogP contribution in [0.2, 0.25) is 0 Å². The van der Waals surface area contributed by atoms with Crippen molar-refractivity contribution in [3.8, 4) is 5.75 Å². The lowest BCUT2D eigenvalue weighted by atomic mass is 10.2. The predicted molar refractivity (Wildman–Crippen MR) is 96.9 cm³/mol. The van der Waals surface area contributed by atoms with Crippen molar-refractivity contribution in [1.82, 2.24) is 0 Å². The summed E-state index contributed by atoms with van der Waals surface area (Å²) in [4.78, 5) is 6.91. The van der Waals surface area contributed by atoms with Crippen LogP contribution in [0.3, 0.4) is 0 Å². The van der Waals surface area contributed by atoms with E-state index in [1.807, 2.05) is 11.8 Å². The van der Waals surface area contributed by atoms with E-state index in [9.17, 15) is 0 Å². The molecule has 4 rings (SSSR count). The largest absolute Gasteiger partial charge is 0.496 e. The van der Waals surface area contributed by atoms with Crippen LogP contribution < -0.4 is 4.74 Å². The van der Waals surface area contributed by atoms with Crippen LogP contribution in [0.25, 0.3) is 0 Å². The number of aryl methyl sites for hydroxylation is 1. The van der Waals surface area contributed by atoms with Crippen molar-refractivity contribution in [1.29, 1.82) is 0 Å². The molecule has 0 aliphatic carbocycles. The molecule has 0 aromatic heterocycles. The number of fused-ring (bicyclic) bond motifs is 2. The van der Waals surface area contributed by atoms with Gasteiger partial charge in [0.05, 0.1) is 16.9 Å². The molecule has 0 radical (unpaired) electrons. The van der Waals surface area contributed by atoms with Crippen LogP contribution in [0.1, 0.15) is 5.56 Å². The van der Waals surface area contributed by atoms with Crippen molar-refractivity contribution >= 4 is 22.7 Å². The average molecular weight is 337 g/mol. The summed E-state index contributed by atoms with van der Waals surface area (Å²) in [5, 5.41) is 0. The fourth-order valence-corrected chi connectivity index (χ4v) is 6.70. The number of hydrogen-bond acceptors (Lipinski definition) is 2. The first-order valence-corrected chi connectivity index (χ1v) is 9.57. The second-order valence-corrected chi connectivity index (χ2v) is 8.48. The van der Waals surface area contributed by atoms with E-state index < -0.39 is 0 Å². The van der Waals surface area contributed by atoms with Crippen LogP contribution in [0.4, 0.5) is 0 Å². The Kier molecular flexibility index (Phi) is 3.83. The van der Waals surface area contributed by atoms with E-state index >= 15 is 0 Å². The number of ether oxygens (including phenoxy) is 1. The monoisotopic (exact) mass is 337 g/mol. The quantitative estimate of drug-likeness (QED) is 0.443. The van der Waals surface area contributed by atoms with E-state index in [4.69, 9.17) is 4.74 Å². The zero-order valence-electron chi connectivity index (χ0n) is 13.1. The second kappa shape index (κ2) is 5.99. The minimum atomic E-state index is -0.0548. The van der Waals surface area contributed by atoms with Gasteiger partial charge in [-0.2, -0.15) is 0 Å². The van der Waals surface area contributed by atoms with Crippen LogP contribution in [0.15, 0.2) is 91.2 Å². The molecule has 0 amide bonds. The van der Waals surface area contributed by atoms with Crippen LogP contribution in [0, 0.1) is 6.92 Å². The van der Waals surface area contributed by atoms with Crippen LogP contribution >= 0.6 is 11.8 Å². The summed E-state index contributed by atoms with van der Waals surface area (Å²) < 4.78 is 5.43. The van der Waals surface area contributed by atoms with E-state index in [0.717, 1.165) is 5.75 Å². The van der Waals surface area contributed by atoms with E-state index in [2.05, 4.69) is 73.7 Å². The third-order valence-corrected chi connectivity index (χ3v) is 7.69. The molecule has 114 valence electrons. The molecule has 0 saturated carbocycles. The van der Waals surface area contributed by atoms with Crippen LogP contribution in [-0.4, -0.2) is 7.11 Å².